The summed E-state index contributed by atoms with van der Waals surface area (Å²) in [5, 5.41) is 63.5. The third kappa shape index (κ3) is 11.8. The maximum atomic E-state index is 11.9. The van der Waals surface area contributed by atoms with Crippen molar-refractivity contribution in [1.29, 1.82) is 10.5 Å². The molecule has 2 fully saturated rings. The maximum Gasteiger partial charge on any atom is 0.326 e. The molecule has 8 heterocycles. The highest BCUT2D eigenvalue weighted by Crippen LogP contribution is 2.36. The molecule has 0 amide bonds. The lowest BCUT2D eigenvalue weighted by molar-refractivity contribution is -0.138. The monoisotopic (exact) mass is 1020 g/mol. The Kier molecular flexibility index (Phi) is 14.9. The molecule has 10 rings (SSSR count). The molecular formula is C53H49N17O6. The number of anilines is 3. The number of aryl methyl sites for hydroxylation is 1. The van der Waals surface area contributed by atoms with Crippen molar-refractivity contribution in [3.63, 3.8) is 0 Å². The highest BCUT2D eigenvalue weighted by Gasteiger charge is 2.33. The largest absolute Gasteiger partial charge is 0.481 e. The number of carboxylic acids is 2. The predicted octanol–water partition coefficient (Wildman–Crippen LogP) is 5.82. The Balaban J connectivity index is 0.928. The molecule has 3 atom stereocenters. The summed E-state index contributed by atoms with van der Waals surface area (Å²) < 4.78 is 15.0. The van der Waals surface area contributed by atoms with E-state index in [0.717, 1.165) is 6.42 Å². The van der Waals surface area contributed by atoms with Crippen molar-refractivity contribution in [2.24, 2.45) is 0 Å². The molecule has 2 saturated heterocycles. The molecule has 0 aliphatic carbocycles. The Morgan fingerprint density at radius 2 is 1.38 bits per heavy atom. The highest BCUT2D eigenvalue weighted by molar-refractivity contribution is 5.78. The van der Waals surface area contributed by atoms with E-state index in [1.807, 2.05) is 47.4 Å². The molecule has 8 aromatic rings. The zero-order valence-corrected chi connectivity index (χ0v) is 41.1. The lowest BCUT2D eigenvalue weighted by Gasteiger charge is -2.22. The Labute approximate surface area is 434 Å². The Hall–Kier alpha value is -9.58. The summed E-state index contributed by atoms with van der Waals surface area (Å²) in [6.07, 6.45) is 5.12. The number of nitrogens with zero attached hydrogens (tertiary/aromatic N) is 15. The van der Waals surface area contributed by atoms with Gasteiger partial charge in [-0.3, -0.25) is 9.78 Å². The van der Waals surface area contributed by atoms with Crippen LogP contribution in [0.2, 0.25) is 0 Å². The van der Waals surface area contributed by atoms with Crippen LogP contribution < -0.4 is 15.5 Å². The number of benzene rings is 2. The van der Waals surface area contributed by atoms with E-state index in [0.29, 0.717) is 136 Å². The van der Waals surface area contributed by atoms with Crippen molar-refractivity contribution in [2.75, 3.05) is 48.9 Å². The van der Waals surface area contributed by atoms with Crippen molar-refractivity contribution in [2.45, 2.75) is 63.4 Å². The summed E-state index contributed by atoms with van der Waals surface area (Å²) in [7, 11) is 1.60. The smallest absolute Gasteiger partial charge is 0.326 e. The molecule has 2 aliphatic rings. The SMILES string of the molecule is COCCNc1nc(-c2cc(C#N)cc(C3OCC[C@H]3Nc3nc(-c4cccc(C#N)c4)cc(-c4cn(Cc5cccc(CCC(=O)O)n5)nn4)n3)c2)cc(-c2cn(Cc3cccc(N4CCC[C@@H]4C(=O)O)n3)nn2)n1. The van der Waals surface area contributed by atoms with Gasteiger partial charge >= 0.3 is 11.9 Å². The molecule has 76 heavy (non-hydrogen) atoms. The third-order valence-corrected chi connectivity index (χ3v) is 12.8. The number of hydrogen-bond donors (Lipinski definition) is 4. The lowest BCUT2D eigenvalue weighted by atomic mass is 9.96. The number of aromatic nitrogens is 12. The predicted molar refractivity (Wildman–Crippen MR) is 274 cm³/mol. The van der Waals surface area contributed by atoms with Crippen LogP contribution in [0.25, 0.3) is 45.3 Å². The quantitative estimate of drug-likeness (QED) is 0.0654. The number of carbonyl (C=O) groups is 2. The van der Waals surface area contributed by atoms with Gasteiger partial charge in [0.25, 0.3) is 0 Å². The average Bonchev–Trinajstić information content (AvgIpc) is 4.30. The topological polar surface area (TPSA) is 307 Å². The first-order valence-corrected chi connectivity index (χ1v) is 24.5. The van der Waals surface area contributed by atoms with Gasteiger partial charge in [0.05, 0.1) is 102 Å². The Morgan fingerprint density at radius 3 is 2.11 bits per heavy atom. The van der Waals surface area contributed by atoms with Crippen molar-refractivity contribution in [1.82, 2.24) is 59.9 Å². The van der Waals surface area contributed by atoms with Crippen LogP contribution in [-0.4, -0.2) is 128 Å². The van der Waals surface area contributed by atoms with Gasteiger partial charge in [-0.15, -0.1) is 10.2 Å². The molecule has 6 aromatic heterocycles. The molecule has 23 nitrogen and oxygen atoms in total. The second kappa shape index (κ2) is 22.7. The van der Waals surface area contributed by atoms with Crippen molar-refractivity contribution < 1.29 is 29.3 Å². The number of nitrogens with one attached hydrogen (secondary N) is 2. The van der Waals surface area contributed by atoms with Gasteiger partial charge in [0, 0.05) is 50.0 Å². The molecule has 2 aliphatic heterocycles. The first kappa shape index (κ1) is 50.0. The number of pyridine rings is 2. The van der Waals surface area contributed by atoms with Crippen molar-refractivity contribution in [3.8, 4) is 57.4 Å². The minimum absolute atomic E-state index is 0.0291. The van der Waals surface area contributed by atoms with Gasteiger partial charge in [-0.2, -0.15) is 10.5 Å². The van der Waals surface area contributed by atoms with E-state index in [1.165, 1.54) is 0 Å². The van der Waals surface area contributed by atoms with E-state index in [4.69, 9.17) is 39.5 Å². The second-order valence-electron chi connectivity index (χ2n) is 18.1. The number of methoxy groups -OCH3 is 1. The number of rotatable bonds is 20. The fraction of sp³-hybridized carbons (Fsp3) is 0.283. The van der Waals surface area contributed by atoms with Gasteiger partial charge in [-0.05, 0) is 91.6 Å². The number of nitriles is 2. The molecule has 382 valence electrons. The van der Waals surface area contributed by atoms with E-state index in [2.05, 4.69) is 48.4 Å². The van der Waals surface area contributed by atoms with E-state index in [1.54, 1.807) is 77.4 Å². The van der Waals surface area contributed by atoms with Crippen LogP contribution in [0, 0.1) is 22.7 Å². The standard InChI is InChI=1S/C53H49N17O6/c1-75-19-16-56-52-60-42(25-43(62-52)45-30-69(67-64-45)29-39-10-4-12-48(58-39)70-17-5-11-47(70)51(73)74)35-21-33(27-55)22-36(23-35)50-40(15-18-76-50)59-53-61-41(34-7-2-6-32(20-34)26-54)24-44(63-53)46-31-68(66-65-46)28-38-9-3-8-37(57-38)13-14-49(71)72/h2-4,6-10,12,20-25,30-31,40,47,50H,5,11,13-19,28-29H2,1H3,(H,71,72)(H,73,74)(H,56,60,62)(H,59,61,63)/t40-,47-,50?/m1/s1. The van der Waals surface area contributed by atoms with Crippen LogP contribution in [0.4, 0.5) is 17.7 Å². The number of ether oxygens (including phenoxy) is 2. The third-order valence-electron chi connectivity index (χ3n) is 12.8. The highest BCUT2D eigenvalue weighted by atomic mass is 16.5. The van der Waals surface area contributed by atoms with E-state index < -0.39 is 24.1 Å². The van der Waals surface area contributed by atoms with Gasteiger partial charge in [-0.1, -0.05) is 34.7 Å². The van der Waals surface area contributed by atoms with Crippen molar-refractivity contribution in [3.05, 3.63) is 137 Å². The zero-order valence-electron chi connectivity index (χ0n) is 41.1. The molecule has 0 radical (unpaired) electrons. The molecule has 0 bridgehead atoms. The van der Waals surface area contributed by atoms with E-state index >= 15 is 0 Å². The van der Waals surface area contributed by atoms with Crippen LogP contribution in [-0.2, 0) is 38.6 Å². The Bertz CT molecular complexity index is 3510. The molecule has 23 heteroatoms. The van der Waals surface area contributed by atoms with Gasteiger partial charge in [0.2, 0.25) is 11.9 Å². The first-order chi connectivity index (χ1) is 37.1. The van der Waals surface area contributed by atoms with Crippen LogP contribution >= 0.6 is 0 Å². The summed E-state index contributed by atoms with van der Waals surface area (Å²) in [6, 6.07) is 30.7. The Morgan fingerprint density at radius 1 is 0.724 bits per heavy atom. The average molecular weight is 1020 g/mol. The summed E-state index contributed by atoms with van der Waals surface area (Å²) in [6.45, 7) is 2.36. The number of hydrogen-bond acceptors (Lipinski definition) is 19. The van der Waals surface area contributed by atoms with Gasteiger partial charge in [-0.25, -0.2) is 39.1 Å². The first-order valence-electron chi connectivity index (χ1n) is 24.5. The molecule has 2 aromatic carbocycles. The van der Waals surface area contributed by atoms with Crippen LogP contribution in [0.3, 0.4) is 0 Å². The summed E-state index contributed by atoms with van der Waals surface area (Å²) in [5.74, 6) is -0.590. The van der Waals surface area contributed by atoms with Gasteiger partial charge < -0.3 is 35.2 Å². The van der Waals surface area contributed by atoms with Crippen LogP contribution in [0.5, 0.6) is 0 Å². The number of aliphatic carboxylic acids is 2. The van der Waals surface area contributed by atoms with Crippen LogP contribution in [0.15, 0.2) is 103 Å². The minimum Gasteiger partial charge on any atom is -0.481 e. The number of carboxylic acid groups (broad SMARTS) is 2. The molecular weight excluding hydrogens is 971 g/mol. The fourth-order valence-electron chi connectivity index (χ4n) is 9.19. The summed E-state index contributed by atoms with van der Waals surface area (Å²) >= 11 is 0. The molecule has 4 N–H and O–H groups in total. The summed E-state index contributed by atoms with van der Waals surface area (Å²) in [4.78, 5) is 53.8. The van der Waals surface area contributed by atoms with Crippen molar-refractivity contribution >= 4 is 29.7 Å². The second-order valence-corrected chi connectivity index (χ2v) is 18.1. The fourth-order valence-corrected chi connectivity index (χ4v) is 9.19. The lowest BCUT2D eigenvalue weighted by Crippen LogP contribution is -2.36. The molecule has 1 unspecified atom stereocenters. The minimum atomic E-state index is -0.897. The van der Waals surface area contributed by atoms with Gasteiger partial charge in [0.1, 0.15) is 29.4 Å². The normalized spacial score (nSPS) is 16.0. The van der Waals surface area contributed by atoms with Gasteiger partial charge in [0.15, 0.2) is 0 Å². The van der Waals surface area contributed by atoms with E-state index in [-0.39, 0.29) is 31.5 Å². The zero-order chi connectivity index (χ0) is 52.5. The molecule has 0 saturated carbocycles. The van der Waals surface area contributed by atoms with E-state index in [9.17, 15) is 25.2 Å². The maximum absolute atomic E-state index is 11.9. The van der Waals surface area contributed by atoms with Crippen LogP contribution in [0.1, 0.15) is 65.6 Å². The summed E-state index contributed by atoms with van der Waals surface area (Å²) in [5.41, 5.74) is 7.76. The molecule has 0 spiro atoms.